The van der Waals surface area contributed by atoms with Gasteiger partial charge in [-0.1, -0.05) is 12.1 Å². The van der Waals surface area contributed by atoms with Gasteiger partial charge in [0.25, 0.3) is 0 Å². The Kier molecular flexibility index (Phi) is 5.55. The number of para-hydroxylation sites is 2. The lowest BCUT2D eigenvalue weighted by molar-refractivity contribution is -0.142. The van der Waals surface area contributed by atoms with Crippen LogP contribution in [0.5, 0.6) is 5.75 Å². The van der Waals surface area contributed by atoms with Gasteiger partial charge in [0.1, 0.15) is 11.6 Å². The molecule has 138 valence electrons. The summed E-state index contributed by atoms with van der Waals surface area (Å²) in [5.41, 5.74) is 0.808. The average Bonchev–Trinajstić information content (AvgIpc) is 2.63. The van der Waals surface area contributed by atoms with Crippen molar-refractivity contribution in [2.45, 2.75) is 32.8 Å². The molecule has 0 amide bonds. The van der Waals surface area contributed by atoms with Crippen LogP contribution in [0.25, 0.3) is 0 Å². The number of carboxylic acids is 1. The Balaban J connectivity index is 1.72. The highest BCUT2D eigenvalue weighted by Crippen LogP contribution is 2.28. The van der Waals surface area contributed by atoms with E-state index in [2.05, 4.69) is 20.2 Å². The second-order valence-electron chi connectivity index (χ2n) is 6.63. The summed E-state index contributed by atoms with van der Waals surface area (Å²) in [6.07, 6.45) is 3.04. The summed E-state index contributed by atoms with van der Waals surface area (Å²) < 4.78 is 5.81. The molecule has 0 bridgehead atoms. The summed E-state index contributed by atoms with van der Waals surface area (Å²) in [6, 6.07) is 9.53. The summed E-state index contributed by atoms with van der Waals surface area (Å²) in [5, 5.41) is 12.3. The number of ether oxygens (including phenoxy) is 1. The molecule has 0 atom stereocenters. The molecule has 1 saturated heterocycles. The Labute approximate surface area is 153 Å². The highest BCUT2D eigenvalue weighted by Gasteiger charge is 2.25. The van der Waals surface area contributed by atoms with E-state index in [9.17, 15) is 4.79 Å². The fraction of sp³-hybridized carbons (Fsp3) is 0.421. The van der Waals surface area contributed by atoms with Gasteiger partial charge < -0.3 is 20.1 Å². The number of carboxylic acid groups (broad SMARTS) is 1. The Morgan fingerprint density at radius 1 is 1.27 bits per heavy atom. The van der Waals surface area contributed by atoms with Crippen LogP contribution in [0.2, 0.25) is 0 Å². The molecule has 2 N–H and O–H groups in total. The number of carbonyl (C=O) groups is 1. The number of nitrogens with zero attached hydrogens (tertiary/aromatic N) is 3. The van der Waals surface area contributed by atoms with E-state index in [1.54, 1.807) is 6.20 Å². The van der Waals surface area contributed by atoms with Crippen LogP contribution in [0, 0.1) is 5.92 Å². The maximum Gasteiger partial charge on any atom is 0.306 e. The third-order valence-corrected chi connectivity index (χ3v) is 4.31. The standard InChI is InChI=1S/C19H24N4O3/c1-13(2)26-16-6-4-3-5-15(16)21-19-20-10-7-17(22-19)23-11-8-14(9-12-23)18(24)25/h3-7,10,13-14H,8-9,11-12H2,1-2H3,(H,24,25)(H,20,21,22). The van der Waals surface area contributed by atoms with E-state index < -0.39 is 5.97 Å². The first-order valence-corrected chi connectivity index (χ1v) is 8.86. The van der Waals surface area contributed by atoms with Crippen LogP contribution < -0.4 is 15.0 Å². The van der Waals surface area contributed by atoms with Crippen molar-refractivity contribution >= 4 is 23.4 Å². The number of piperidine rings is 1. The lowest BCUT2D eigenvalue weighted by Gasteiger charge is -2.31. The Morgan fingerprint density at radius 2 is 2.00 bits per heavy atom. The average molecular weight is 356 g/mol. The van der Waals surface area contributed by atoms with Crippen molar-refractivity contribution in [1.82, 2.24) is 9.97 Å². The van der Waals surface area contributed by atoms with Crippen LogP contribution >= 0.6 is 0 Å². The van der Waals surface area contributed by atoms with E-state index >= 15 is 0 Å². The molecule has 7 heteroatoms. The Morgan fingerprint density at radius 3 is 2.69 bits per heavy atom. The second kappa shape index (κ2) is 8.03. The van der Waals surface area contributed by atoms with Gasteiger partial charge in [-0.3, -0.25) is 4.79 Å². The zero-order valence-electron chi connectivity index (χ0n) is 15.1. The van der Waals surface area contributed by atoms with Gasteiger partial charge in [0.05, 0.1) is 17.7 Å². The largest absolute Gasteiger partial charge is 0.489 e. The van der Waals surface area contributed by atoms with Crippen LogP contribution in [-0.4, -0.2) is 40.2 Å². The number of rotatable bonds is 6. The topological polar surface area (TPSA) is 87.6 Å². The number of hydrogen-bond donors (Lipinski definition) is 2. The highest BCUT2D eigenvalue weighted by molar-refractivity contribution is 5.70. The lowest BCUT2D eigenvalue weighted by atomic mass is 9.97. The molecule has 3 rings (SSSR count). The quantitative estimate of drug-likeness (QED) is 0.821. The predicted octanol–water partition coefficient (Wildman–Crippen LogP) is 3.31. The Hall–Kier alpha value is -2.83. The summed E-state index contributed by atoms with van der Waals surface area (Å²) >= 11 is 0. The van der Waals surface area contributed by atoms with Crippen LogP contribution in [-0.2, 0) is 4.79 Å². The van der Waals surface area contributed by atoms with Crippen molar-refractivity contribution in [3.63, 3.8) is 0 Å². The molecule has 1 fully saturated rings. The zero-order valence-corrected chi connectivity index (χ0v) is 15.1. The number of anilines is 3. The molecule has 1 aromatic heterocycles. The van der Waals surface area contributed by atoms with E-state index in [4.69, 9.17) is 9.84 Å². The van der Waals surface area contributed by atoms with Gasteiger partial charge in [-0.15, -0.1) is 0 Å². The molecule has 0 unspecified atom stereocenters. The van der Waals surface area contributed by atoms with Crippen molar-refractivity contribution < 1.29 is 14.6 Å². The number of aromatic nitrogens is 2. The molecular weight excluding hydrogens is 332 g/mol. The molecule has 7 nitrogen and oxygen atoms in total. The number of aliphatic carboxylic acids is 1. The monoisotopic (exact) mass is 356 g/mol. The number of benzene rings is 1. The van der Waals surface area contributed by atoms with E-state index in [0.717, 1.165) is 17.3 Å². The second-order valence-corrected chi connectivity index (χ2v) is 6.63. The van der Waals surface area contributed by atoms with E-state index in [-0.39, 0.29) is 12.0 Å². The molecule has 0 spiro atoms. The maximum absolute atomic E-state index is 11.1. The molecule has 2 aromatic rings. The van der Waals surface area contributed by atoms with Crippen molar-refractivity contribution in [3.8, 4) is 5.75 Å². The summed E-state index contributed by atoms with van der Waals surface area (Å²) in [4.78, 5) is 22.1. The lowest BCUT2D eigenvalue weighted by Crippen LogP contribution is -2.36. The molecular formula is C19H24N4O3. The summed E-state index contributed by atoms with van der Waals surface area (Å²) in [5.74, 6) is 1.07. The summed E-state index contributed by atoms with van der Waals surface area (Å²) in [7, 11) is 0. The minimum atomic E-state index is -0.712. The van der Waals surface area contributed by atoms with Gasteiger partial charge in [-0.05, 0) is 44.9 Å². The van der Waals surface area contributed by atoms with Crippen molar-refractivity contribution in [3.05, 3.63) is 36.5 Å². The maximum atomic E-state index is 11.1. The Bertz CT molecular complexity index is 758. The molecule has 0 aliphatic carbocycles. The van der Waals surface area contributed by atoms with Crippen LogP contribution in [0.4, 0.5) is 17.5 Å². The minimum absolute atomic E-state index is 0.0701. The van der Waals surface area contributed by atoms with Gasteiger partial charge in [0.15, 0.2) is 0 Å². The van der Waals surface area contributed by atoms with E-state index in [1.165, 1.54) is 0 Å². The number of nitrogens with one attached hydrogen (secondary N) is 1. The predicted molar refractivity (Wildman–Crippen MR) is 100 cm³/mol. The fourth-order valence-electron chi connectivity index (χ4n) is 2.99. The molecule has 1 aromatic carbocycles. The normalized spacial score (nSPS) is 15.1. The molecule has 0 saturated carbocycles. The highest BCUT2D eigenvalue weighted by atomic mass is 16.5. The fourth-order valence-corrected chi connectivity index (χ4v) is 2.99. The first kappa shape index (κ1) is 18.0. The number of hydrogen-bond acceptors (Lipinski definition) is 6. The SMILES string of the molecule is CC(C)Oc1ccccc1Nc1nccc(N2CCC(C(=O)O)CC2)n1. The van der Waals surface area contributed by atoms with Gasteiger partial charge in [-0.2, -0.15) is 4.98 Å². The zero-order chi connectivity index (χ0) is 18.5. The van der Waals surface area contributed by atoms with Crippen LogP contribution in [0.1, 0.15) is 26.7 Å². The molecule has 1 aliphatic rings. The van der Waals surface area contributed by atoms with E-state index in [1.807, 2.05) is 44.2 Å². The van der Waals surface area contributed by atoms with Crippen LogP contribution in [0.3, 0.4) is 0 Å². The van der Waals surface area contributed by atoms with Gasteiger partial charge in [-0.25, -0.2) is 4.98 Å². The summed E-state index contributed by atoms with van der Waals surface area (Å²) in [6.45, 7) is 5.32. The molecule has 1 aliphatic heterocycles. The van der Waals surface area contributed by atoms with E-state index in [0.29, 0.717) is 31.9 Å². The van der Waals surface area contributed by atoms with Gasteiger partial charge in [0, 0.05) is 19.3 Å². The third kappa shape index (κ3) is 4.41. The first-order chi connectivity index (χ1) is 12.5. The van der Waals surface area contributed by atoms with Crippen LogP contribution in [0.15, 0.2) is 36.5 Å². The molecule has 2 heterocycles. The molecule has 0 radical (unpaired) electrons. The van der Waals surface area contributed by atoms with Gasteiger partial charge in [0.2, 0.25) is 5.95 Å². The van der Waals surface area contributed by atoms with Crippen molar-refractivity contribution in [2.75, 3.05) is 23.3 Å². The molecule has 26 heavy (non-hydrogen) atoms. The van der Waals surface area contributed by atoms with Crippen molar-refractivity contribution in [2.24, 2.45) is 5.92 Å². The first-order valence-electron chi connectivity index (χ1n) is 8.86. The third-order valence-electron chi connectivity index (χ3n) is 4.31. The van der Waals surface area contributed by atoms with Gasteiger partial charge >= 0.3 is 5.97 Å². The minimum Gasteiger partial charge on any atom is -0.489 e. The smallest absolute Gasteiger partial charge is 0.306 e. The van der Waals surface area contributed by atoms with Crippen molar-refractivity contribution in [1.29, 1.82) is 0 Å².